The number of hydrogen-bond donors (Lipinski definition) is 1. The second-order valence-corrected chi connectivity index (χ2v) is 4.65. The third kappa shape index (κ3) is 3.41. The molecule has 2 aromatic rings. The van der Waals surface area contributed by atoms with E-state index in [1.54, 1.807) is 12.1 Å². The Morgan fingerprint density at radius 1 is 1.00 bits per heavy atom. The van der Waals surface area contributed by atoms with Crippen LogP contribution in [0, 0.1) is 0 Å². The summed E-state index contributed by atoms with van der Waals surface area (Å²) in [6.07, 6.45) is -3.89. The first kappa shape index (κ1) is 13.7. The van der Waals surface area contributed by atoms with E-state index >= 15 is 0 Å². The van der Waals surface area contributed by atoms with Crippen LogP contribution >= 0.6 is 11.6 Å². The van der Waals surface area contributed by atoms with Crippen LogP contribution in [0.4, 0.5) is 18.9 Å². The zero-order chi connectivity index (χ0) is 14.0. The first-order valence-electron chi connectivity index (χ1n) is 5.56. The Balaban J connectivity index is 2.24. The number of hydrogen-bond acceptors (Lipinski definition) is 1. The largest absolute Gasteiger partial charge is 0.416 e. The van der Waals surface area contributed by atoms with Crippen LogP contribution in [0.15, 0.2) is 42.5 Å². The van der Waals surface area contributed by atoms with Crippen LogP contribution < -0.4 is 5.73 Å². The molecule has 0 saturated carbocycles. The molecule has 2 aromatic carbocycles. The summed E-state index contributed by atoms with van der Waals surface area (Å²) in [5, 5.41) is 0.615. The van der Waals surface area contributed by atoms with Crippen molar-refractivity contribution in [3.63, 3.8) is 0 Å². The van der Waals surface area contributed by atoms with E-state index in [4.69, 9.17) is 17.3 Å². The minimum atomic E-state index is -4.37. The van der Waals surface area contributed by atoms with Crippen LogP contribution in [0.2, 0.25) is 5.02 Å². The monoisotopic (exact) mass is 285 g/mol. The number of rotatable bonds is 2. The van der Waals surface area contributed by atoms with Gasteiger partial charge in [0.2, 0.25) is 0 Å². The fraction of sp³-hybridized carbons (Fsp3) is 0.143. The Hall–Kier alpha value is -1.68. The lowest BCUT2D eigenvalue weighted by Crippen LogP contribution is -2.07. The summed E-state index contributed by atoms with van der Waals surface area (Å²) in [6.45, 7) is 0. The predicted molar refractivity (Wildman–Crippen MR) is 70.1 cm³/mol. The highest BCUT2D eigenvalue weighted by Crippen LogP contribution is 2.31. The van der Waals surface area contributed by atoms with Crippen molar-refractivity contribution >= 4 is 17.3 Å². The minimum Gasteiger partial charge on any atom is -0.398 e. The third-order valence-corrected chi connectivity index (χ3v) is 3.03. The lowest BCUT2D eigenvalue weighted by Gasteiger charge is -2.11. The zero-order valence-electron chi connectivity index (χ0n) is 9.84. The molecule has 0 heterocycles. The highest BCUT2D eigenvalue weighted by molar-refractivity contribution is 6.30. The van der Waals surface area contributed by atoms with Crippen LogP contribution in [0.25, 0.3) is 0 Å². The molecule has 2 N–H and O–H groups in total. The molecule has 0 radical (unpaired) electrons. The van der Waals surface area contributed by atoms with E-state index in [1.165, 1.54) is 6.07 Å². The van der Waals surface area contributed by atoms with E-state index in [0.29, 0.717) is 17.0 Å². The second-order valence-electron chi connectivity index (χ2n) is 4.21. The molecule has 0 aliphatic heterocycles. The van der Waals surface area contributed by atoms with Crippen molar-refractivity contribution in [3.8, 4) is 0 Å². The molecule has 0 spiro atoms. The summed E-state index contributed by atoms with van der Waals surface area (Å²) in [5.41, 5.74) is 6.68. The Morgan fingerprint density at radius 2 is 1.63 bits per heavy atom. The van der Waals surface area contributed by atoms with E-state index in [0.717, 1.165) is 17.7 Å². The minimum absolute atomic E-state index is 0.143. The lowest BCUT2D eigenvalue weighted by atomic mass is 10.0. The number of anilines is 1. The van der Waals surface area contributed by atoms with Gasteiger partial charge in [0.05, 0.1) is 5.56 Å². The van der Waals surface area contributed by atoms with Crippen LogP contribution in [-0.4, -0.2) is 0 Å². The fourth-order valence-electron chi connectivity index (χ4n) is 1.75. The number of nitrogen functional groups attached to an aromatic ring is 1. The van der Waals surface area contributed by atoms with Gasteiger partial charge in [-0.25, -0.2) is 0 Å². The molecule has 1 nitrogen and oxygen atoms in total. The van der Waals surface area contributed by atoms with Gasteiger partial charge in [-0.3, -0.25) is 0 Å². The maximum Gasteiger partial charge on any atom is 0.416 e. The molecule has 0 aromatic heterocycles. The highest BCUT2D eigenvalue weighted by atomic mass is 35.5. The van der Waals surface area contributed by atoms with Crippen LogP contribution in [-0.2, 0) is 12.6 Å². The molecular weight excluding hydrogens is 275 g/mol. The first-order chi connectivity index (χ1) is 8.86. The second kappa shape index (κ2) is 5.13. The summed E-state index contributed by atoms with van der Waals surface area (Å²) in [4.78, 5) is 0. The van der Waals surface area contributed by atoms with Gasteiger partial charge < -0.3 is 5.73 Å². The molecule has 2 rings (SSSR count). The van der Waals surface area contributed by atoms with E-state index in [9.17, 15) is 13.2 Å². The van der Waals surface area contributed by atoms with Gasteiger partial charge in [-0.1, -0.05) is 29.8 Å². The molecule has 0 saturated heterocycles. The Labute approximate surface area is 113 Å². The smallest absolute Gasteiger partial charge is 0.398 e. The van der Waals surface area contributed by atoms with Gasteiger partial charge in [0.1, 0.15) is 0 Å². The average Bonchev–Trinajstić information content (AvgIpc) is 2.33. The number of halogens is 4. The molecule has 0 unspecified atom stereocenters. The standard InChI is InChI=1S/C14H11ClF3N/c15-12-5-1-9(2-6-12)7-10-3-4-11(8-13(10)19)14(16,17)18/h1-6,8H,7,19H2. The van der Waals surface area contributed by atoms with E-state index in [1.807, 2.05) is 12.1 Å². The SMILES string of the molecule is Nc1cc(C(F)(F)F)ccc1Cc1ccc(Cl)cc1. The molecule has 100 valence electrons. The maximum absolute atomic E-state index is 12.5. The van der Waals surface area contributed by atoms with Gasteiger partial charge in [0.15, 0.2) is 0 Å². The van der Waals surface area contributed by atoms with Crippen molar-refractivity contribution in [2.75, 3.05) is 5.73 Å². The summed E-state index contributed by atoms with van der Waals surface area (Å²) in [6, 6.07) is 10.5. The molecule has 0 aliphatic carbocycles. The van der Waals surface area contributed by atoms with Crippen molar-refractivity contribution in [3.05, 3.63) is 64.2 Å². The summed E-state index contributed by atoms with van der Waals surface area (Å²) < 4.78 is 37.5. The normalized spacial score (nSPS) is 11.6. The topological polar surface area (TPSA) is 26.0 Å². The quantitative estimate of drug-likeness (QED) is 0.806. The molecule has 0 fully saturated rings. The van der Waals surface area contributed by atoms with Crippen molar-refractivity contribution in [1.29, 1.82) is 0 Å². The summed E-state index contributed by atoms with van der Waals surface area (Å²) >= 11 is 5.77. The fourth-order valence-corrected chi connectivity index (χ4v) is 1.88. The molecule has 0 aliphatic rings. The first-order valence-corrected chi connectivity index (χ1v) is 5.94. The van der Waals surface area contributed by atoms with Gasteiger partial charge in [-0.15, -0.1) is 0 Å². The molecule has 0 amide bonds. The van der Waals surface area contributed by atoms with Gasteiger partial charge in [0.25, 0.3) is 0 Å². The van der Waals surface area contributed by atoms with Crippen molar-refractivity contribution in [1.82, 2.24) is 0 Å². The van der Waals surface area contributed by atoms with Gasteiger partial charge in [-0.2, -0.15) is 13.2 Å². The van der Waals surface area contributed by atoms with Crippen molar-refractivity contribution in [2.45, 2.75) is 12.6 Å². The maximum atomic E-state index is 12.5. The predicted octanol–water partition coefficient (Wildman–Crippen LogP) is 4.53. The molecule has 0 atom stereocenters. The van der Waals surface area contributed by atoms with Gasteiger partial charge in [-0.05, 0) is 41.8 Å². The summed E-state index contributed by atoms with van der Waals surface area (Å²) in [7, 11) is 0. The zero-order valence-corrected chi connectivity index (χ0v) is 10.6. The molecular formula is C14H11ClF3N. The molecule has 5 heteroatoms. The molecule has 0 bridgehead atoms. The van der Waals surface area contributed by atoms with Gasteiger partial charge in [0, 0.05) is 10.7 Å². The highest BCUT2D eigenvalue weighted by Gasteiger charge is 2.30. The van der Waals surface area contributed by atoms with Crippen molar-refractivity contribution < 1.29 is 13.2 Å². The van der Waals surface area contributed by atoms with E-state index < -0.39 is 11.7 Å². The van der Waals surface area contributed by atoms with Crippen molar-refractivity contribution in [2.24, 2.45) is 0 Å². The van der Waals surface area contributed by atoms with Gasteiger partial charge >= 0.3 is 6.18 Å². The number of nitrogens with two attached hydrogens (primary N) is 1. The molecule has 19 heavy (non-hydrogen) atoms. The lowest BCUT2D eigenvalue weighted by molar-refractivity contribution is -0.137. The van der Waals surface area contributed by atoms with Crippen LogP contribution in [0.1, 0.15) is 16.7 Å². The Morgan fingerprint density at radius 3 is 2.16 bits per heavy atom. The summed E-state index contributed by atoms with van der Waals surface area (Å²) in [5.74, 6) is 0. The van der Waals surface area contributed by atoms with E-state index in [-0.39, 0.29) is 5.69 Å². The number of alkyl halides is 3. The van der Waals surface area contributed by atoms with Crippen LogP contribution in [0.5, 0.6) is 0 Å². The number of benzene rings is 2. The Kier molecular flexibility index (Phi) is 3.71. The Bertz CT molecular complexity index is 576. The third-order valence-electron chi connectivity index (χ3n) is 2.78. The average molecular weight is 286 g/mol. The van der Waals surface area contributed by atoms with Crippen LogP contribution in [0.3, 0.4) is 0 Å². The van der Waals surface area contributed by atoms with E-state index in [2.05, 4.69) is 0 Å².